The van der Waals surface area contributed by atoms with Gasteiger partial charge in [-0.05, 0) is 74.5 Å². The van der Waals surface area contributed by atoms with Crippen molar-refractivity contribution in [3.63, 3.8) is 0 Å². The molecule has 0 saturated carbocycles. The van der Waals surface area contributed by atoms with Gasteiger partial charge < -0.3 is 19.8 Å². The lowest BCUT2D eigenvalue weighted by molar-refractivity contribution is -0.115. The molecule has 1 unspecified atom stereocenters. The van der Waals surface area contributed by atoms with E-state index < -0.39 is 0 Å². The molecule has 1 atom stereocenters. The Labute approximate surface area is 173 Å². The maximum absolute atomic E-state index is 12.4. The number of carbonyl (C=O) groups is 2. The van der Waals surface area contributed by atoms with Crippen molar-refractivity contribution in [1.82, 2.24) is 0 Å². The Hall–Kier alpha value is -3.19. The van der Waals surface area contributed by atoms with Gasteiger partial charge in [0.25, 0.3) is 5.91 Å². The molecule has 1 heterocycles. The quantitative estimate of drug-likeness (QED) is 0.508. The first-order valence-corrected chi connectivity index (χ1v) is 10.1. The van der Waals surface area contributed by atoms with Crippen molar-refractivity contribution in [1.29, 1.82) is 0 Å². The van der Waals surface area contributed by atoms with Crippen molar-refractivity contribution in [2.24, 2.45) is 0 Å². The third-order valence-corrected chi connectivity index (χ3v) is 5.08. The van der Waals surface area contributed by atoms with E-state index in [1.807, 2.05) is 50.2 Å². The number of hydrogen-bond acceptors (Lipinski definition) is 5. The van der Waals surface area contributed by atoms with Crippen LogP contribution >= 0.6 is 11.8 Å². The molecule has 6 nitrogen and oxygen atoms in total. The Kier molecular flexibility index (Phi) is 6.97. The summed E-state index contributed by atoms with van der Waals surface area (Å²) in [5.74, 6) is 0.628. The highest BCUT2D eigenvalue weighted by molar-refractivity contribution is 8.00. The van der Waals surface area contributed by atoms with Crippen LogP contribution in [-0.4, -0.2) is 23.7 Å². The van der Waals surface area contributed by atoms with E-state index >= 15 is 0 Å². The Morgan fingerprint density at radius 1 is 1.00 bits per heavy atom. The first-order chi connectivity index (χ1) is 14.0. The topological polar surface area (TPSA) is 80.6 Å². The van der Waals surface area contributed by atoms with Gasteiger partial charge in [0.1, 0.15) is 5.75 Å². The van der Waals surface area contributed by atoms with Gasteiger partial charge in [0.05, 0.1) is 18.1 Å². The first kappa shape index (κ1) is 20.5. The fourth-order valence-corrected chi connectivity index (χ4v) is 3.39. The summed E-state index contributed by atoms with van der Waals surface area (Å²) in [6.45, 7) is 4.38. The lowest BCUT2D eigenvalue weighted by Crippen LogP contribution is -2.22. The van der Waals surface area contributed by atoms with Gasteiger partial charge in [-0.2, -0.15) is 0 Å². The molecule has 0 radical (unpaired) electrons. The van der Waals surface area contributed by atoms with Gasteiger partial charge in [-0.25, -0.2) is 0 Å². The SMILES string of the molecule is CCOc1ccc(NC(=O)C(C)Sc2ccc(NC(=O)c3ccco3)cc2)cc1. The molecule has 0 saturated heterocycles. The van der Waals surface area contributed by atoms with Crippen LogP contribution < -0.4 is 15.4 Å². The molecule has 0 spiro atoms. The van der Waals surface area contributed by atoms with Gasteiger partial charge in [0.2, 0.25) is 5.91 Å². The molecule has 7 heteroatoms. The molecule has 0 aliphatic rings. The Bertz CT molecular complexity index is 938. The van der Waals surface area contributed by atoms with E-state index in [1.165, 1.54) is 18.0 Å². The average Bonchev–Trinajstić information content (AvgIpc) is 3.26. The summed E-state index contributed by atoms with van der Waals surface area (Å²) < 4.78 is 10.5. The van der Waals surface area contributed by atoms with E-state index in [2.05, 4.69) is 10.6 Å². The number of hydrogen-bond donors (Lipinski definition) is 2. The van der Waals surface area contributed by atoms with Gasteiger partial charge in [0, 0.05) is 16.3 Å². The summed E-state index contributed by atoms with van der Waals surface area (Å²) in [5.41, 5.74) is 1.38. The predicted octanol–water partition coefficient (Wildman–Crippen LogP) is 5.05. The van der Waals surface area contributed by atoms with Crippen molar-refractivity contribution in [3.8, 4) is 5.75 Å². The standard InChI is InChI=1S/C22H22N2O4S/c1-3-27-18-10-6-16(7-11-18)23-21(25)15(2)29-19-12-8-17(9-13-19)24-22(26)20-5-4-14-28-20/h4-15H,3H2,1-2H3,(H,23,25)(H,24,26). The van der Waals surface area contributed by atoms with Crippen molar-refractivity contribution in [3.05, 3.63) is 72.7 Å². The zero-order valence-corrected chi connectivity index (χ0v) is 17.0. The van der Waals surface area contributed by atoms with E-state index in [4.69, 9.17) is 9.15 Å². The summed E-state index contributed by atoms with van der Waals surface area (Å²) in [6, 6.07) is 17.9. The summed E-state index contributed by atoms with van der Waals surface area (Å²) in [4.78, 5) is 25.4. The molecular weight excluding hydrogens is 388 g/mol. The van der Waals surface area contributed by atoms with E-state index in [1.54, 1.807) is 24.3 Å². The van der Waals surface area contributed by atoms with Crippen LogP contribution in [0.4, 0.5) is 11.4 Å². The van der Waals surface area contributed by atoms with Crippen LogP contribution in [0.1, 0.15) is 24.4 Å². The number of ether oxygens (including phenoxy) is 1. The highest BCUT2D eigenvalue weighted by Gasteiger charge is 2.15. The van der Waals surface area contributed by atoms with Crippen molar-refractivity contribution < 1.29 is 18.7 Å². The maximum atomic E-state index is 12.4. The zero-order valence-electron chi connectivity index (χ0n) is 16.2. The van der Waals surface area contributed by atoms with Crippen LogP contribution in [0.25, 0.3) is 0 Å². The minimum atomic E-state index is -0.307. The van der Waals surface area contributed by atoms with Crippen LogP contribution in [0.5, 0.6) is 5.75 Å². The molecule has 3 aromatic rings. The molecule has 2 aromatic carbocycles. The van der Waals surface area contributed by atoms with Gasteiger partial charge in [-0.3, -0.25) is 9.59 Å². The first-order valence-electron chi connectivity index (χ1n) is 9.20. The summed E-state index contributed by atoms with van der Waals surface area (Å²) in [7, 11) is 0. The zero-order chi connectivity index (χ0) is 20.6. The molecule has 2 N–H and O–H groups in total. The van der Waals surface area contributed by atoms with Crippen LogP contribution in [-0.2, 0) is 4.79 Å². The highest BCUT2D eigenvalue weighted by atomic mass is 32.2. The third kappa shape index (κ3) is 5.89. The number of benzene rings is 2. The van der Waals surface area contributed by atoms with E-state index in [-0.39, 0.29) is 22.8 Å². The largest absolute Gasteiger partial charge is 0.494 e. The Morgan fingerprint density at radius 3 is 2.28 bits per heavy atom. The molecule has 0 bridgehead atoms. The molecule has 0 aliphatic heterocycles. The van der Waals surface area contributed by atoms with Gasteiger partial charge in [-0.1, -0.05) is 0 Å². The lowest BCUT2D eigenvalue weighted by Gasteiger charge is -2.13. The van der Waals surface area contributed by atoms with E-state index in [9.17, 15) is 9.59 Å². The average molecular weight is 410 g/mol. The number of amides is 2. The number of nitrogens with one attached hydrogen (secondary N) is 2. The predicted molar refractivity (Wildman–Crippen MR) is 115 cm³/mol. The number of rotatable bonds is 8. The van der Waals surface area contributed by atoms with Crippen LogP contribution in [0.2, 0.25) is 0 Å². The monoisotopic (exact) mass is 410 g/mol. The maximum Gasteiger partial charge on any atom is 0.291 e. The van der Waals surface area contributed by atoms with Crippen molar-refractivity contribution in [2.75, 3.05) is 17.2 Å². The number of thioether (sulfide) groups is 1. The van der Waals surface area contributed by atoms with E-state index in [0.717, 1.165) is 16.3 Å². The number of anilines is 2. The van der Waals surface area contributed by atoms with Gasteiger partial charge in [-0.15, -0.1) is 11.8 Å². The van der Waals surface area contributed by atoms with Crippen molar-refractivity contribution >= 4 is 35.0 Å². The fraction of sp³-hybridized carbons (Fsp3) is 0.182. The molecule has 0 fully saturated rings. The summed E-state index contributed by atoms with van der Waals surface area (Å²) in [5, 5.41) is 5.38. The van der Waals surface area contributed by atoms with Gasteiger partial charge >= 0.3 is 0 Å². The highest BCUT2D eigenvalue weighted by Crippen LogP contribution is 2.26. The second-order valence-corrected chi connectivity index (χ2v) is 7.58. The molecule has 29 heavy (non-hydrogen) atoms. The molecule has 0 aliphatic carbocycles. The second-order valence-electron chi connectivity index (χ2n) is 6.16. The van der Waals surface area contributed by atoms with Crippen LogP contribution in [0, 0.1) is 0 Å². The third-order valence-electron chi connectivity index (χ3n) is 3.97. The summed E-state index contributed by atoms with van der Waals surface area (Å²) >= 11 is 1.44. The minimum Gasteiger partial charge on any atom is -0.494 e. The molecule has 150 valence electrons. The van der Waals surface area contributed by atoms with Gasteiger partial charge in [0.15, 0.2) is 5.76 Å². The minimum absolute atomic E-state index is 0.0886. The molecule has 3 rings (SSSR count). The number of furan rings is 1. The molecule has 1 aromatic heterocycles. The van der Waals surface area contributed by atoms with Crippen LogP contribution in [0.3, 0.4) is 0 Å². The Morgan fingerprint density at radius 2 is 1.66 bits per heavy atom. The lowest BCUT2D eigenvalue weighted by atomic mass is 10.3. The van der Waals surface area contributed by atoms with Crippen LogP contribution in [0.15, 0.2) is 76.2 Å². The summed E-state index contributed by atoms with van der Waals surface area (Å²) in [6.07, 6.45) is 1.45. The second kappa shape index (κ2) is 9.84. The molecule has 2 amide bonds. The Balaban J connectivity index is 1.52. The van der Waals surface area contributed by atoms with Crippen molar-refractivity contribution in [2.45, 2.75) is 24.0 Å². The normalized spacial score (nSPS) is 11.5. The van der Waals surface area contributed by atoms with E-state index in [0.29, 0.717) is 12.3 Å². The fourth-order valence-electron chi connectivity index (χ4n) is 2.52. The molecular formula is C22H22N2O4S. The number of carbonyl (C=O) groups excluding carboxylic acids is 2. The smallest absolute Gasteiger partial charge is 0.291 e.